The Balaban J connectivity index is 1.58. The van der Waals surface area contributed by atoms with Gasteiger partial charge in [-0.2, -0.15) is 21.6 Å². The van der Waals surface area contributed by atoms with E-state index in [1.807, 2.05) is 71.4 Å². The third-order valence-corrected chi connectivity index (χ3v) is 3.87. The minimum atomic E-state index is -0.0259. The standard InChI is InChI=1S/C18H15N3OS/c22-18(12-14-10-11-23-13-14)19-15-6-8-17(9-7-15)21-20-16-4-2-1-3-5-16/h1-11,13H,12H2,(H,19,22). The summed E-state index contributed by atoms with van der Waals surface area (Å²) in [5.74, 6) is -0.0259. The predicted molar refractivity (Wildman–Crippen MR) is 93.7 cm³/mol. The first-order chi connectivity index (χ1) is 11.3. The number of nitrogens with one attached hydrogen (secondary N) is 1. The molecule has 3 aromatic rings. The van der Waals surface area contributed by atoms with Gasteiger partial charge < -0.3 is 5.32 Å². The van der Waals surface area contributed by atoms with Crippen LogP contribution in [-0.4, -0.2) is 5.91 Å². The van der Waals surface area contributed by atoms with Gasteiger partial charge in [0.15, 0.2) is 0 Å². The van der Waals surface area contributed by atoms with Crippen molar-refractivity contribution in [3.63, 3.8) is 0 Å². The molecular weight excluding hydrogens is 306 g/mol. The maximum absolute atomic E-state index is 11.9. The smallest absolute Gasteiger partial charge is 0.228 e. The molecule has 0 bridgehead atoms. The van der Waals surface area contributed by atoms with Crippen LogP contribution in [0.5, 0.6) is 0 Å². The van der Waals surface area contributed by atoms with Crippen LogP contribution in [0.4, 0.5) is 17.1 Å². The fourth-order valence-electron chi connectivity index (χ4n) is 2.01. The molecule has 0 saturated heterocycles. The Bertz CT molecular complexity index is 781. The van der Waals surface area contributed by atoms with E-state index in [2.05, 4.69) is 15.5 Å². The van der Waals surface area contributed by atoms with Crippen LogP contribution in [0.3, 0.4) is 0 Å². The van der Waals surface area contributed by atoms with Gasteiger partial charge in [0, 0.05) is 5.69 Å². The van der Waals surface area contributed by atoms with Crippen molar-refractivity contribution in [3.05, 3.63) is 77.0 Å². The van der Waals surface area contributed by atoms with Crippen molar-refractivity contribution < 1.29 is 4.79 Å². The highest BCUT2D eigenvalue weighted by Gasteiger charge is 2.04. The van der Waals surface area contributed by atoms with Gasteiger partial charge in [0.25, 0.3) is 0 Å². The average molecular weight is 321 g/mol. The minimum Gasteiger partial charge on any atom is -0.326 e. The van der Waals surface area contributed by atoms with E-state index in [4.69, 9.17) is 0 Å². The van der Waals surface area contributed by atoms with Crippen LogP contribution in [0.1, 0.15) is 5.56 Å². The molecule has 0 atom stereocenters. The zero-order valence-electron chi connectivity index (χ0n) is 12.3. The van der Waals surface area contributed by atoms with Crippen LogP contribution in [0.25, 0.3) is 0 Å². The normalized spacial score (nSPS) is 10.8. The Morgan fingerprint density at radius 3 is 2.26 bits per heavy atom. The molecule has 0 fully saturated rings. The van der Waals surface area contributed by atoms with Crippen molar-refractivity contribution in [1.29, 1.82) is 0 Å². The number of benzene rings is 2. The second-order valence-electron chi connectivity index (χ2n) is 4.94. The quantitative estimate of drug-likeness (QED) is 0.633. The Kier molecular flexibility index (Phi) is 4.91. The molecule has 4 nitrogen and oxygen atoms in total. The first-order valence-electron chi connectivity index (χ1n) is 7.17. The summed E-state index contributed by atoms with van der Waals surface area (Å²) in [5.41, 5.74) is 3.33. The van der Waals surface area contributed by atoms with Crippen LogP contribution < -0.4 is 5.32 Å². The molecule has 0 aliphatic rings. The van der Waals surface area contributed by atoms with Gasteiger partial charge >= 0.3 is 0 Å². The average Bonchev–Trinajstić information content (AvgIpc) is 3.08. The number of carbonyl (C=O) groups is 1. The monoisotopic (exact) mass is 321 g/mol. The number of nitrogens with zero attached hydrogens (tertiary/aromatic N) is 2. The van der Waals surface area contributed by atoms with Crippen molar-refractivity contribution in [3.8, 4) is 0 Å². The van der Waals surface area contributed by atoms with Crippen molar-refractivity contribution in [2.75, 3.05) is 5.32 Å². The maximum Gasteiger partial charge on any atom is 0.228 e. The molecule has 23 heavy (non-hydrogen) atoms. The van der Waals surface area contributed by atoms with Crippen molar-refractivity contribution in [2.45, 2.75) is 6.42 Å². The SMILES string of the molecule is O=C(Cc1ccsc1)Nc1ccc(N=Nc2ccccc2)cc1. The Hall–Kier alpha value is -2.79. The molecule has 2 aromatic carbocycles. The van der Waals surface area contributed by atoms with E-state index >= 15 is 0 Å². The number of amides is 1. The highest BCUT2D eigenvalue weighted by molar-refractivity contribution is 7.08. The lowest BCUT2D eigenvalue weighted by Gasteiger charge is -2.04. The fraction of sp³-hybridized carbons (Fsp3) is 0.0556. The highest BCUT2D eigenvalue weighted by Crippen LogP contribution is 2.20. The number of anilines is 1. The molecule has 0 aliphatic carbocycles. The molecule has 0 radical (unpaired) electrons. The zero-order chi connectivity index (χ0) is 15.9. The number of azo groups is 1. The number of thiophene rings is 1. The van der Waals surface area contributed by atoms with E-state index in [-0.39, 0.29) is 5.91 Å². The summed E-state index contributed by atoms with van der Waals surface area (Å²) in [7, 11) is 0. The largest absolute Gasteiger partial charge is 0.326 e. The summed E-state index contributed by atoms with van der Waals surface area (Å²) in [4.78, 5) is 11.9. The van der Waals surface area contributed by atoms with Gasteiger partial charge in [0.2, 0.25) is 5.91 Å². The molecule has 1 amide bonds. The third-order valence-electron chi connectivity index (χ3n) is 3.13. The molecule has 0 unspecified atom stereocenters. The molecule has 3 rings (SSSR count). The van der Waals surface area contributed by atoms with Crippen LogP contribution in [-0.2, 0) is 11.2 Å². The fourth-order valence-corrected chi connectivity index (χ4v) is 2.67. The molecule has 5 heteroatoms. The topological polar surface area (TPSA) is 53.8 Å². The van der Waals surface area contributed by atoms with E-state index < -0.39 is 0 Å². The maximum atomic E-state index is 11.9. The number of hydrogen-bond acceptors (Lipinski definition) is 4. The molecule has 114 valence electrons. The van der Waals surface area contributed by atoms with Gasteiger partial charge in [-0.25, -0.2) is 0 Å². The second kappa shape index (κ2) is 7.47. The second-order valence-corrected chi connectivity index (χ2v) is 5.72. The van der Waals surface area contributed by atoms with E-state index in [1.165, 1.54) is 0 Å². The van der Waals surface area contributed by atoms with Gasteiger partial charge in [-0.05, 0) is 58.8 Å². The van der Waals surface area contributed by atoms with Crippen molar-refractivity contribution in [1.82, 2.24) is 0 Å². The van der Waals surface area contributed by atoms with Gasteiger partial charge in [0.1, 0.15) is 0 Å². The van der Waals surface area contributed by atoms with Crippen LogP contribution >= 0.6 is 11.3 Å². The van der Waals surface area contributed by atoms with E-state index in [9.17, 15) is 4.79 Å². The molecule has 0 aliphatic heterocycles. The van der Waals surface area contributed by atoms with Crippen molar-refractivity contribution in [2.24, 2.45) is 10.2 Å². The summed E-state index contributed by atoms with van der Waals surface area (Å²) in [5, 5.41) is 15.1. The molecule has 1 aromatic heterocycles. The lowest BCUT2D eigenvalue weighted by molar-refractivity contribution is -0.115. The highest BCUT2D eigenvalue weighted by atomic mass is 32.1. The summed E-state index contributed by atoms with van der Waals surface area (Å²) < 4.78 is 0. The zero-order valence-corrected chi connectivity index (χ0v) is 13.2. The van der Waals surface area contributed by atoms with E-state index in [0.29, 0.717) is 6.42 Å². The summed E-state index contributed by atoms with van der Waals surface area (Å²) in [6.45, 7) is 0. The molecule has 1 heterocycles. The van der Waals surface area contributed by atoms with Crippen molar-refractivity contribution >= 4 is 34.3 Å². The summed E-state index contributed by atoms with van der Waals surface area (Å²) in [6, 6.07) is 18.8. The van der Waals surface area contributed by atoms with Gasteiger partial charge in [-0.1, -0.05) is 18.2 Å². The Morgan fingerprint density at radius 1 is 0.913 bits per heavy atom. The molecule has 0 saturated carbocycles. The molecular formula is C18H15N3OS. The lowest BCUT2D eigenvalue weighted by atomic mass is 10.2. The van der Waals surface area contributed by atoms with Gasteiger partial charge in [-0.15, -0.1) is 0 Å². The van der Waals surface area contributed by atoms with Gasteiger partial charge in [-0.3, -0.25) is 4.79 Å². The minimum absolute atomic E-state index is 0.0259. The van der Waals surface area contributed by atoms with E-state index in [1.54, 1.807) is 11.3 Å². The first-order valence-corrected chi connectivity index (χ1v) is 8.12. The molecule has 1 N–H and O–H groups in total. The Labute approximate surface area is 138 Å². The summed E-state index contributed by atoms with van der Waals surface area (Å²) >= 11 is 1.59. The first kappa shape index (κ1) is 15.1. The predicted octanol–water partition coefficient (Wildman–Crippen LogP) is 5.34. The van der Waals surface area contributed by atoms with Gasteiger partial charge in [0.05, 0.1) is 17.8 Å². The van der Waals surface area contributed by atoms with E-state index in [0.717, 1.165) is 22.6 Å². The third kappa shape index (κ3) is 4.59. The number of rotatable bonds is 5. The summed E-state index contributed by atoms with van der Waals surface area (Å²) in [6.07, 6.45) is 0.388. The number of carbonyl (C=O) groups excluding carboxylic acids is 1. The Morgan fingerprint density at radius 2 is 1.61 bits per heavy atom. The number of hydrogen-bond donors (Lipinski definition) is 1. The van der Waals surface area contributed by atoms with Crippen LogP contribution in [0.2, 0.25) is 0 Å². The van der Waals surface area contributed by atoms with Crippen LogP contribution in [0, 0.1) is 0 Å². The lowest BCUT2D eigenvalue weighted by Crippen LogP contribution is -2.13. The van der Waals surface area contributed by atoms with Crippen LogP contribution in [0.15, 0.2) is 81.7 Å². The molecule has 0 spiro atoms.